The number of unbranched alkanes of at least 4 members (excludes halogenated alkanes) is 2. The summed E-state index contributed by atoms with van der Waals surface area (Å²) in [6.07, 6.45) is 6.29. The van der Waals surface area contributed by atoms with Crippen molar-refractivity contribution in [1.29, 1.82) is 0 Å². The maximum atomic E-state index is 5.93. The third-order valence-corrected chi connectivity index (χ3v) is 3.33. The maximum Gasteiger partial charge on any atom is 0.191 e. The monoisotopic (exact) mass is 211 g/mol. The van der Waals surface area contributed by atoms with E-state index in [1.807, 2.05) is 0 Å². The van der Waals surface area contributed by atoms with Gasteiger partial charge in [-0.2, -0.15) is 0 Å². The molecule has 1 aliphatic heterocycles. The Hall–Kier alpha value is -0.730. The molecule has 3 heteroatoms. The van der Waals surface area contributed by atoms with E-state index in [4.69, 9.17) is 5.73 Å². The van der Waals surface area contributed by atoms with Gasteiger partial charge in [-0.05, 0) is 19.8 Å². The van der Waals surface area contributed by atoms with Gasteiger partial charge in [0.1, 0.15) is 0 Å². The van der Waals surface area contributed by atoms with E-state index in [0.29, 0.717) is 12.1 Å². The maximum absolute atomic E-state index is 5.93. The number of nitrogens with zero attached hydrogens (tertiary/aromatic N) is 2. The van der Waals surface area contributed by atoms with Crippen molar-refractivity contribution >= 4 is 5.96 Å². The summed E-state index contributed by atoms with van der Waals surface area (Å²) in [6, 6.07) is 1.09. The first-order chi connectivity index (χ1) is 7.20. The number of hydrogen-bond acceptors (Lipinski definition) is 3. The van der Waals surface area contributed by atoms with Crippen molar-refractivity contribution in [3.8, 4) is 0 Å². The van der Waals surface area contributed by atoms with E-state index in [1.165, 1.54) is 25.7 Å². The third kappa shape index (κ3) is 3.11. The first-order valence-corrected chi connectivity index (χ1v) is 6.28. The average molecular weight is 211 g/mol. The van der Waals surface area contributed by atoms with E-state index in [-0.39, 0.29) is 0 Å². The minimum absolute atomic E-state index is 0.530. The molecule has 15 heavy (non-hydrogen) atoms. The van der Waals surface area contributed by atoms with Gasteiger partial charge in [0.15, 0.2) is 5.96 Å². The average Bonchev–Trinajstić information content (AvgIpc) is 2.59. The van der Waals surface area contributed by atoms with Crippen molar-refractivity contribution in [3.63, 3.8) is 0 Å². The Labute approximate surface area is 93.7 Å². The van der Waals surface area contributed by atoms with Gasteiger partial charge in [-0.1, -0.05) is 33.1 Å². The summed E-state index contributed by atoms with van der Waals surface area (Å²) in [4.78, 5) is 6.68. The summed E-state index contributed by atoms with van der Waals surface area (Å²) in [5.74, 6) is 0.755. The van der Waals surface area contributed by atoms with Crippen molar-refractivity contribution in [1.82, 2.24) is 4.90 Å². The van der Waals surface area contributed by atoms with Gasteiger partial charge >= 0.3 is 0 Å². The molecule has 0 amide bonds. The first-order valence-electron chi connectivity index (χ1n) is 6.28. The van der Waals surface area contributed by atoms with E-state index in [2.05, 4.69) is 30.7 Å². The molecule has 0 spiro atoms. The van der Waals surface area contributed by atoms with Gasteiger partial charge in [0.25, 0.3) is 0 Å². The summed E-state index contributed by atoms with van der Waals surface area (Å²) in [6.45, 7) is 7.59. The third-order valence-electron chi connectivity index (χ3n) is 3.33. The predicted octanol–water partition coefficient (Wildman–Crippen LogP) is 2.36. The highest BCUT2D eigenvalue weighted by Gasteiger charge is 2.28. The highest BCUT2D eigenvalue weighted by molar-refractivity contribution is 5.80. The molecule has 3 nitrogen and oxygen atoms in total. The summed E-state index contributed by atoms with van der Waals surface area (Å²) in [5.41, 5.74) is 5.93. The molecule has 0 aromatic heterocycles. The Balaban J connectivity index is 2.44. The lowest BCUT2D eigenvalue weighted by molar-refractivity contribution is 0.250. The van der Waals surface area contributed by atoms with E-state index < -0.39 is 0 Å². The van der Waals surface area contributed by atoms with Gasteiger partial charge in [-0.25, -0.2) is 0 Å². The van der Waals surface area contributed by atoms with Crippen LogP contribution >= 0.6 is 0 Å². The number of guanidine groups is 1. The van der Waals surface area contributed by atoms with E-state index in [0.717, 1.165) is 18.9 Å². The first kappa shape index (κ1) is 12.3. The van der Waals surface area contributed by atoms with Crippen LogP contribution in [0.4, 0.5) is 0 Å². The molecule has 0 aromatic carbocycles. The van der Waals surface area contributed by atoms with Crippen molar-refractivity contribution in [2.24, 2.45) is 10.7 Å². The number of nitrogens with two attached hydrogens (primary N) is 1. The Bertz CT molecular complexity index is 213. The highest BCUT2D eigenvalue weighted by atomic mass is 15.3. The zero-order chi connectivity index (χ0) is 11.3. The Morgan fingerprint density at radius 2 is 2.20 bits per heavy atom. The molecule has 0 saturated heterocycles. The number of hydrogen-bond donors (Lipinski definition) is 1. The molecular formula is C12H25N3. The lowest BCUT2D eigenvalue weighted by Gasteiger charge is -2.31. The van der Waals surface area contributed by atoms with Gasteiger partial charge in [0.05, 0.1) is 12.6 Å². The molecule has 0 fully saturated rings. The SMILES string of the molecule is CCCCCC1CN=C(N)N1C(C)CC. The topological polar surface area (TPSA) is 41.6 Å². The van der Waals surface area contributed by atoms with Gasteiger partial charge in [-0.15, -0.1) is 0 Å². The smallest absolute Gasteiger partial charge is 0.191 e. The fourth-order valence-corrected chi connectivity index (χ4v) is 2.20. The number of aliphatic imine (C=N–C) groups is 1. The molecule has 2 unspecified atom stereocenters. The van der Waals surface area contributed by atoms with Crippen LogP contribution < -0.4 is 5.73 Å². The molecular weight excluding hydrogens is 186 g/mol. The highest BCUT2D eigenvalue weighted by Crippen LogP contribution is 2.19. The van der Waals surface area contributed by atoms with Crippen LogP contribution in [0.5, 0.6) is 0 Å². The van der Waals surface area contributed by atoms with Gasteiger partial charge in [0.2, 0.25) is 0 Å². The van der Waals surface area contributed by atoms with Crippen molar-refractivity contribution in [2.75, 3.05) is 6.54 Å². The molecule has 1 rings (SSSR count). The van der Waals surface area contributed by atoms with E-state index in [9.17, 15) is 0 Å². The second kappa shape index (κ2) is 5.99. The molecule has 2 atom stereocenters. The van der Waals surface area contributed by atoms with Crippen molar-refractivity contribution < 1.29 is 0 Å². The van der Waals surface area contributed by atoms with Crippen LogP contribution in [0.25, 0.3) is 0 Å². The molecule has 0 aliphatic carbocycles. The molecule has 2 N–H and O–H groups in total. The molecule has 0 saturated carbocycles. The van der Waals surface area contributed by atoms with Crippen LogP contribution in [0.3, 0.4) is 0 Å². The van der Waals surface area contributed by atoms with E-state index in [1.54, 1.807) is 0 Å². The summed E-state index contributed by atoms with van der Waals surface area (Å²) >= 11 is 0. The standard InChI is InChI=1S/C12H25N3/c1-4-6-7-8-11-9-14-12(13)15(11)10(3)5-2/h10-11H,4-9H2,1-3H3,(H2,13,14). The van der Waals surface area contributed by atoms with Crippen LogP contribution in [0.2, 0.25) is 0 Å². The summed E-state index contributed by atoms with van der Waals surface area (Å²) in [7, 11) is 0. The minimum atomic E-state index is 0.530. The molecule has 1 aliphatic rings. The van der Waals surface area contributed by atoms with Crippen LogP contribution in [-0.2, 0) is 0 Å². The summed E-state index contributed by atoms with van der Waals surface area (Å²) in [5, 5.41) is 0. The van der Waals surface area contributed by atoms with Crippen LogP contribution in [0.15, 0.2) is 4.99 Å². The fourth-order valence-electron chi connectivity index (χ4n) is 2.20. The predicted molar refractivity (Wildman–Crippen MR) is 66.0 cm³/mol. The Morgan fingerprint density at radius 1 is 1.47 bits per heavy atom. The second-order valence-corrected chi connectivity index (χ2v) is 4.51. The van der Waals surface area contributed by atoms with E-state index >= 15 is 0 Å². The Kier molecular flexibility index (Phi) is 4.92. The van der Waals surface area contributed by atoms with Crippen LogP contribution in [0.1, 0.15) is 52.9 Å². The zero-order valence-electron chi connectivity index (χ0n) is 10.4. The molecule has 0 radical (unpaired) electrons. The quantitative estimate of drug-likeness (QED) is 0.685. The van der Waals surface area contributed by atoms with Gasteiger partial charge < -0.3 is 10.6 Å². The normalized spacial score (nSPS) is 23.0. The largest absolute Gasteiger partial charge is 0.370 e. The van der Waals surface area contributed by atoms with Crippen LogP contribution in [-0.4, -0.2) is 29.5 Å². The van der Waals surface area contributed by atoms with Crippen molar-refractivity contribution in [3.05, 3.63) is 0 Å². The lowest BCUT2D eigenvalue weighted by atomic mass is 10.1. The van der Waals surface area contributed by atoms with Crippen LogP contribution in [0, 0.1) is 0 Å². The van der Waals surface area contributed by atoms with Gasteiger partial charge in [0, 0.05) is 6.04 Å². The van der Waals surface area contributed by atoms with Gasteiger partial charge in [-0.3, -0.25) is 4.99 Å². The fraction of sp³-hybridized carbons (Fsp3) is 0.917. The minimum Gasteiger partial charge on any atom is -0.370 e. The molecule has 0 aromatic rings. The second-order valence-electron chi connectivity index (χ2n) is 4.51. The lowest BCUT2D eigenvalue weighted by Crippen LogP contribution is -2.46. The molecule has 0 bridgehead atoms. The summed E-state index contributed by atoms with van der Waals surface area (Å²) < 4.78 is 0. The molecule has 88 valence electrons. The van der Waals surface area contributed by atoms with Crippen molar-refractivity contribution in [2.45, 2.75) is 65.0 Å². The number of rotatable bonds is 6. The Morgan fingerprint density at radius 3 is 2.80 bits per heavy atom. The molecule has 1 heterocycles. The zero-order valence-corrected chi connectivity index (χ0v) is 10.4.